The van der Waals surface area contributed by atoms with Crippen molar-refractivity contribution in [3.05, 3.63) is 35.9 Å². The number of esters is 1. The van der Waals surface area contributed by atoms with Crippen LogP contribution >= 0.6 is 12.4 Å². The zero-order valence-electron chi connectivity index (χ0n) is 14.9. The summed E-state index contributed by atoms with van der Waals surface area (Å²) in [7, 11) is 1.27. The van der Waals surface area contributed by atoms with Gasteiger partial charge in [0.15, 0.2) is 5.78 Å². The van der Waals surface area contributed by atoms with E-state index in [0.717, 1.165) is 5.56 Å². The maximum atomic E-state index is 12.1. The average molecular weight is 371 g/mol. The number of Topliss-reactive ketones (excluding diaryl/α,β-unsaturated/α-hetero) is 1. The van der Waals surface area contributed by atoms with Crippen molar-refractivity contribution in [2.24, 2.45) is 11.7 Å². The molecule has 25 heavy (non-hydrogen) atoms. The Labute approximate surface area is 154 Å². The molecule has 0 aromatic heterocycles. The van der Waals surface area contributed by atoms with Crippen molar-refractivity contribution in [2.45, 2.75) is 45.2 Å². The molecule has 0 aliphatic rings. The number of halogens is 1. The molecule has 3 N–H and O–H groups in total. The Morgan fingerprint density at radius 1 is 1.16 bits per heavy atom. The molecule has 7 heteroatoms. The fourth-order valence-corrected chi connectivity index (χ4v) is 2.34. The Balaban J connectivity index is 0.00000576. The van der Waals surface area contributed by atoms with Crippen molar-refractivity contribution in [1.82, 2.24) is 5.32 Å². The third kappa shape index (κ3) is 8.65. The molecule has 0 aliphatic carbocycles. The maximum absolute atomic E-state index is 12.1. The van der Waals surface area contributed by atoms with Crippen LogP contribution in [0.25, 0.3) is 0 Å². The monoisotopic (exact) mass is 370 g/mol. The van der Waals surface area contributed by atoms with Gasteiger partial charge in [0, 0.05) is 0 Å². The number of benzene rings is 1. The molecule has 0 fully saturated rings. The molecule has 1 rings (SSSR count). The molecule has 0 spiro atoms. The highest BCUT2D eigenvalue weighted by atomic mass is 35.5. The SMILES string of the molecule is COC(=O)[C@H](CC(C)C)NC(=O)CC(=O)[C@H](N)Cc1ccccc1.Cl. The van der Waals surface area contributed by atoms with E-state index in [4.69, 9.17) is 5.73 Å². The number of ether oxygens (including phenoxy) is 1. The summed E-state index contributed by atoms with van der Waals surface area (Å²) < 4.78 is 4.68. The lowest BCUT2D eigenvalue weighted by Crippen LogP contribution is -2.44. The largest absolute Gasteiger partial charge is 0.467 e. The summed E-state index contributed by atoms with van der Waals surface area (Å²) >= 11 is 0. The molecule has 1 aromatic carbocycles. The normalized spacial score (nSPS) is 12.7. The van der Waals surface area contributed by atoms with E-state index in [1.165, 1.54) is 7.11 Å². The molecule has 140 valence electrons. The van der Waals surface area contributed by atoms with Gasteiger partial charge in [-0.2, -0.15) is 0 Å². The summed E-state index contributed by atoms with van der Waals surface area (Å²) in [6.45, 7) is 3.87. The summed E-state index contributed by atoms with van der Waals surface area (Å²) in [5, 5.41) is 2.56. The topological polar surface area (TPSA) is 98.5 Å². The highest BCUT2D eigenvalue weighted by Crippen LogP contribution is 2.07. The standard InChI is InChI=1S/C18H26N2O4.ClH/c1-12(2)9-15(18(23)24-3)20-17(22)11-16(21)14(19)10-13-7-5-4-6-8-13;/h4-8,12,14-15H,9-11,19H2,1-3H3,(H,20,22);1H/t14-,15+;/m1./s1. The van der Waals surface area contributed by atoms with E-state index >= 15 is 0 Å². The Morgan fingerprint density at radius 3 is 2.28 bits per heavy atom. The minimum atomic E-state index is -0.750. The molecule has 0 bridgehead atoms. The van der Waals surface area contributed by atoms with Crippen molar-refractivity contribution >= 4 is 30.1 Å². The van der Waals surface area contributed by atoms with Gasteiger partial charge in [0.2, 0.25) is 5.91 Å². The molecular formula is C18H27ClN2O4. The first-order valence-electron chi connectivity index (χ1n) is 8.02. The molecule has 0 unspecified atom stereocenters. The Bertz CT molecular complexity index is 563. The van der Waals surface area contributed by atoms with Crippen LogP contribution in [-0.2, 0) is 25.5 Å². The number of ketones is 1. The summed E-state index contributed by atoms with van der Waals surface area (Å²) in [6.07, 6.45) is 0.474. The average Bonchev–Trinajstić information content (AvgIpc) is 2.53. The quantitative estimate of drug-likeness (QED) is 0.508. The summed E-state index contributed by atoms with van der Waals surface area (Å²) in [5.41, 5.74) is 6.81. The number of nitrogens with two attached hydrogens (primary N) is 1. The Morgan fingerprint density at radius 2 is 1.76 bits per heavy atom. The molecule has 0 heterocycles. The molecular weight excluding hydrogens is 344 g/mol. The van der Waals surface area contributed by atoms with Gasteiger partial charge in [0.1, 0.15) is 6.04 Å². The predicted octanol–water partition coefficient (Wildman–Crippen LogP) is 1.64. The van der Waals surface area contributed by atoms with Gasteiger partial charge in [0.25, 0.3) is 0 Å². The van der Waals surface area contributed by atoms with E-state index in [1.807, 2.05) is 44.2 Å². The number of nitrogens with one attached hydrogen (secondary N) is 1. The van der Waals surface area contributed by atoms with Crippen molar-refractivity contribution in [3.8, 4) is 0 Å². The summed E-state index contributed by atoms with van der Waals surface area (Å²) in [4.78, 5) is 35.8. The number of hydrogen-bond acceptors (Lipinski definition) is 5. The third-order valence-corrected chi connectivity index (χ3v) is 3.57. The minimum Gasteiger partial charge on any atom is -0.467 e. The van der Waals surface area contributed by atoms with Gasteiger partial charge in [-0.05, 0) is 24.3 Å². The Hall–Kier alpha value is -1.92. The van der Waals surface area contributed by atoms with E-state index in [0.29, 0.717) is 12.8 Å². The lowest BCUT2D eigenvalue weighted by atomic mass is 10.0. The first kappa shape index (κ1) is 23.1. The maximum Gasteiger partial charge on any atom is 0.328 e. The third-order valence-electron chi connectivity index (χ3n) is 3.57. The number of methoxy groups -OCH3 is 1. The van der Waals surface area contributed by atoms with Crippen molar-refractivity contribution in [1.29, 1.82) is 0 Å². The van der Waals surface area contributed by atoms with Gasteiger partial charge in [-0.15, -0.1) is 12.4 Å². The lowest BCUT2D eigenvalue weighted by Gasteiger charge is -2.18. The van der Waals surface area contributed by atoms with Gasteiger partial charge < -0.3 is 15.8 Å². The summed E-state index contributed by atoms with van der Waals surface area (Å²) in [6, 6.07) is 7.87. The molecule has 0 aliphatic heterocycles. The first-order valence-corrected chi connectivity index (χ1v) is 8.02. The van der Waals surface area contributed by atoms with Crippen molar-refractivity contribution < 1.29 is 19.1 Å². The zero-order chi connectivity index (χ0) is 18.1. The van der Waals surface area contributed by atoms with Gasteiger partial charge in [-0.1, -0.05) is 44.2 Å². The second-order valence-corrected chi connectivity index (χ2v) is 6.21. The predicted molar refractivity (Wildman–Crippen MR) is 98.4 cm³/mol. The smallest absolute Gasteiger partial charge is 0.328 e. The van der Waals surface area contributed by atoms with Crippen LogP contribution in [0.15, 0.2) is 30.3 Å². The van der Waals surface area contributed by atoms with E-state index in [1.54, 1.807) is 0 Å². The second-order valence-electron chi connectivity index (χ2n) is 6.21. The number of carbonyl (C=O) groups excluding carboxylic acids is 3. The molecule has 0 saturated carbocycles. The van der Waals surface area contributed by atoms with Crippen LogP contribution in [0.1, 0.15) is 32.3 Å². The molecule has 1 aromatic rings. The van der Waals surface area contributed by atoms with Crippen LogP contribution in [0.5, 0.6) is 0 Å². The van der Waals surface area contributed by atoms with Gasteiger partial charge in [0.05, 0.1) is 19.6 Å². The number of carbonyl (C=O) groups is 3. The van der Waals surface area contributed by atoms with Crippen LogP contribution in [0, 0.1) is 5.92 Å². The number of hydrogen-bond donors (Lipinski definition) is 2. The minimum absolute atomic E-state index is 0. The van der Waals surface area contributed by atoms with Gasteiger partial charge in [-0.25, -0.2) is 4.79 Å². The lowest BCUT2D eigenvalue weighted by molar-refractivity contribution is -0.146. The van der Waals surface area contributed by atoms with Crippen LogP contribution in [0.2, 0.25) is 0 Å². The van der Waals surface area contributed by atoms with Crippen LogP contribution < -0.4 is 11.1 Å². The first-order chi connectivity index (χ1) is 11.3. The number of rotatable bonds is 9. The fraction of sp³-hybridized carbons (Fsp3) is 0.500. The molecule has 0 radical (unpaired) electrons. The van der Waals surface area contributed by atoms with E-state index in [9.17, 15) is 14.4 Å². The van der Waals surface area contributed by atoms with Crippen LogP contribution in [0.4, 0.5) is 0 Å². The summed E-state index contributed by atoms with van der Waals surface area (Å²) in [5.74, 6) is -1.19. The molecule has 0 saturated heterocycles. The molecule has 6 nitrogen and oxygen atoms in total. The highest BCUT2D eigenvalue weighted by Gasteiger charge is 2.25. The van der Waals surface area contributed by atoms with Crippen LogP contribution in [-0.4, -0.2) is 36.9 Å². The molecule has 2 atom stereocenters. The fourth-order valence-electron chi connectivity index (χ4n) is 2.34. The second kappa shape index (κ2) is 11.6. The van der Waals surface area contributed by atoms with Gasteiger partial charge in [-0.3, -0.25) is 9.59 Å². The van der Waals surface area contributed by atoms with Crippen molar-refractivity contribution in [2.75, 3.05) is 7.11 Å². The van der Waals surface area contributed by atoms with Crippen molar-refractivity contribution in [3.63, 3.8) is 0 Å². The highest BCUT2D eigenvalue weighted by molar-refractivity contribution is 6.01. The van der Waals surface area contributed by atoms with E-state index in [2.05, 4.69) is 10.1 Å². The Kier molecular flexibility index (Phi) is 10.7. The van der Waals surface area contributed by atoms with E-state index < -0.39 is 24.0 Å². The zero-order valence-corrected chi connectivity index (χ0v) is 15.7. The van der Waals surface area contributed by atoms with E-state index in [-0.39, 0.29) is 30.5 Å². The number of amides is 1. The van der Waals surface area contributed by atoms with Crippen LogP contribution in [0.3, 0.4) is 0 Å². The molecule has 1 amide bonds. The van der Waals surface area contributed by atoms with Gasteiger partial charge >= 0.3 is 5.97 Å².